The summed E-state index contributed by atoms with van der Waals surface area (Å²) in [5, 5.41) is 3.26. The van der Waals surface area contributed by atoms with E-state index in [1.165, 1.54) is 31.1 Å². The van der Waals surface area contributed by atoms with Gasteiger partial charge in [-0.2, -0.15) is 0 Å². The van der Waals surface area contributed by atoms with Crippen LogP contribution in [0.4, 0.5) is 0 Å². The first-order chi connectivity index (χ1) is 9.76. The molecule has 1 unspecified atom stereocenters. The number of carbonyl (C=O) groups is 1. The van der Waals surface area contributed by atoms with Gasteiger partial charge in [-0.15, -0.1) is 0 Å². The van der Waals surface area contributed by atoms with E-state index in [-0.39, 0.29) is 12.0 Å². The Morgan fingerprint density at radius 3 is 2.90 bits per heavy atom. The Kier molecular flexibility index (Phi) is 3.92. The zero-order valence-corrected chi connectivity index (χ0v) is 11.9. The first-order valence-electron chi connectivity index (χ1n) is 7.35. The second-order valence-corrected chi connectivity index (χ2v) is 5.61. The zero-order valence-electron chi connectivity index (χ0n) is 11.9. The Labute approximate surface area is 119 Å². The molecule has 0 amide bonds. The number of hydrogen-bond acceptors (Lipinski definition) is 4. The van der Waals surface area contributed by atoms with E-state index in [0.29, 0.717) is 12.6 Å². The van der Waals surface area contributed by atoms with Crippen LogP contribution in [0.2, 0.25) is 0 Å². The molecule has 0 saturated heterocycles. The third-order valence-electron chi connectivity index (χ3n) is 3.99. The Morgan fingerprint density at radius 1 is 1.35 bits per heavy atom. The predicted octanol–water partition coefficient (Wildman–Crippen LogP) is 1.85. The summed E-state index contributed by atoms with van der Waals surface area (Å²) in [5.74, 6) is 0.593. The molecule has 1 N–H and O–H groups in total. The maximum absolute atomic E-state index is 11.7. The van der Waals surface area contributed by atoms with E-state index in [1.54, 1.807) is 0 Å². The van der Waals surface area contributed by atoms with Crippen molar-refractivity contribution in [3.05, 3.63) is 29.3 Å². The van der Waals surface area contributed by atoms with Crippen molar-refractivity contribution in [2.45, 2.75) is 44.2 Å². The maximum atomic E-state index is 11.7. The number of benzene rings is 1. The van der Waals surface area contributed by atoms with E-state index in [4.69, 9.17) is 9.47 Å². The van der Waals surface area contributed by atoms with Crippen molar-refractivity contribution in [3.8, 4) is 5.75 Å². The van der Waals surface area contributed by atoms with Crippen molar-refractivity contribution >= 4 is 5.97 Å². The minimum Gasteiger partial charge on any atom is -0.491 e. The summed E-state index contributed by atoms with van der Waals surface area (Å²) >= 11 is 0. The van der Waals surface area contributed by atoms with Crippen molar-refractivity contribution in [3.63, 3.8) is 0 Å². The smallest absolute Gasteiger partial charge is 0.326 e. The average molecular weight is 275 g/mol. The molecule has 0 aliphatic heterocycles. The third-order valence-corrected chi connectivity index (χ3v) is 3.99. The van der Waals surface area contributed by atoms with Crippen LogP contribution < -0.4 is 10.1 Å². The minimum absolute atomic E-state index is 0.252. The fourth-order valence-electron chi connectivity index (χ4n) is 2.68. The molecule has 3 rings (SSSR count). The maximum Gasteiger partial charge on any atom is 0.326 e. The van der Waals surface area contributed by atoms with Crippen LogP contribution in [0, 0.1) is 0 Å². The van der Waals surface area contributed by atoms with Gasteiger partial charge in [-0.05, 0) is 55.4 Å². The fourth-order valence-corrected chi connectivity index (χ4v) is 2.68. The van der Waals surface area contributed by atoms with Crippen molar-refractivity contribution in [2.75, 3.05) is 13.7 Å². The van der Waals surface area contributed by atoms with Crippen LogP contribution >= 0.6 is 0 Å². The Hall–Kier alpha value is -1.55. The van der Waals surface area contributed by atoms with Gasteiger partial charge < -0.3 is 9.47 Å². The van der Waals surface area contributed by atoms with Gasteiger partial charge in [0.25, 0.3) is 0 Å². The first kappa shape index (κ1) is 13.4. The van der Waals surface area contributed by atoms with Gasteiger partial charge in [0.2, 0.25) is 0 Å². The lowest BCUT2D eigenvalue weighted by atomic mass is 10.1. The van der Waals surface area contributed by atoms with Gasteiger partial charge in [-0.25, -0.2) is 0 Å². The van der Waals surface area contributed by atoms with Gasteiger partial charge in [0, 0.05) is 6.04 Å². The number of fused-ring (bicyclic) bond motifs is 1. The van der Waals surface area contributed by atoms with Gasteiger partial charge in [0.1, 0.15) is 18.4 Å². The van der Waals surface area contributed by atoms with Gasteiger partial charge in [-0.3, -0.25) is 10.1 Å². The van der Waals surface area contributed by atoms with Crippen LogP contribution in [0.3, 0.4) is 0 Å². The molecule has 0 radical (unpaired) electrons. The number of hydrogen-bond donors (Lipinski definition) is 1. The molecule has 1 atom stereocenters. The SMILES string of the molecule is COC(=O)C(COc1ccc2c(c1)CCC2)NC1CC1. The molecule has 4 nitrogen and oxygen atoms in total. The number of methoxy groups -OCH3 is 1. The van der Waals surface area contributed by atoms with Crippen molar-refractivity contribution in [1.82, 2.24) is 5.32 Å². The average Bonchev–Trinajstić information content (AvgIpc) is 3.17. The standard InChI is InChI=1S/C16H21NO3/c1-19-16(18)15(17-13-6-7-13)10-20-14-8-5-11-3-2-4-12(11)9-14/h5,8-9,13,15,17H,2-4,6-7,10H2,1H3. The molecule has 2 aliphatic carbocycles. The lowest BCUT2D eigenvalue weighted by molar-refractivity contribution is -0.144. The van der Waals surface area contributed by atoms with Crippen molar-refractivity contribution in [1.29, 1.82) is 0 Å². The molecular formula is C16H21NO3. The molecule has 1 aromatic carbocycles. The Balaban J connectivity index is 1.59. The third kappa shape index (κ3) is 3.12. The number of aryl methyl sites for hydroxylation is 2. The Morgan fingerprint density at radius 2 is 2.15 bits per heavy atom. The van der Waals surface area contributed by atoms with Gasteiger partial charge in [-0.1, -0.05) is 6.07 Å². The van der Waals surface area contributed by atoms with Crippen molar-refractivity contribution < 1.29 is 14.3 Å². The summed E-state index contributed by atoms with van der Waals surface area (Å²) < 4.78 is 10.6. The zero-order chi connectivity index (χ0) is 13.9. The largest absolute Gasteiger partial charge is 0.491 e. The molecule has 2 aliphatic rings. The summed E-state index contributed by atoms with van der Waals surface area (Å²) in [6.45, 7) is 0.321. The van der Waals surface area contributed by atoms with Gasteiger partial charge in [0.05, 0.1) is 7.11 Å². The summed E-state index contributed by atoms with van der Waals surface area (Å²) in [5.41, 5.74) is 2.81. The first-order valence-corrected chi connectivity index (χ1v) is 7.35. The van der Waals surface area contributed by atoms with Gasteiger partial charge in [0.15, 0.2) is 0 Å². The number of esters is 1. The van der Waals surface area contributed by atoms with E-state index in [0.717, 1.165) is 25.0 Å². The highest BCUT2D eigenvalue weighted by Gasteiger charge is 2.29. The molecule has 1 saturated carbocycles. The second kappa shape index (κ2) is 5.83. The molecule has 0 spiro atoms. The van der Waals surface area contributed by atoms with Crippen LogP contribution in [-0.4, -0.2) is 31.8 Å². The monoisotopic (exact) mass is 275 g/mol. The Bertz CT molecular complexity index is 496. The van der Waals surface area contributed by atoms with E-state index < -0.39 is 0 Å². The highest BCUT2D eigenvalue weighted by Crippen LogP contribution is 2.26. The van der Waals surface area contributed by atoms with Crippen LogP contribution in [0.25, 0.3) is 0 Å². The molecule has 1 aromatic rings. The molecular weight excluding hydrogens is 254 g/mol. The number of carbonyl (C=O) groups excluding carboxylic acids is 1. The van der Waals surface area contributed by atoms with Gasteiger partial charge >= 0.3 is 5.97 Å². The summed E-state index contributed by atoms with van der Waals surface area (Å²) in [4.78, 5) is 11.7. The van der Waals surface area contributed by atoms with Crippen LogP contribution in [0.1, 0.15) is 30.4 Å². The fraction of sp³-hybridized carbons (Fsp3) is 0.562. The summed E-state index contributed by atoms with van der Waals surface area (Å²) in [6, 6.07) is 6.31. The number of rotatable bonds is 6. The molecule has 0 bridgehead atoms. The topological polar surface area (TPSA) is 47.6 Å². The molecule has 4 heteroatoms. The van der Waals surface area contributed by atoms with Crippen LogP contribution in [-0.2, 0) is 22.4 Å². The van der Waals surface area contributed by atoms with E-state index >= 15 is 0 Å². The lowest BCUT2D eigenvalue weighted by Crippen LogP contribution is -2.43. The predicted molar refractivity (Wildman–Crippen MR) is 75.9 cm³/mol. The molecule has 1 fully saturated rings. The molecule has 20 heavy (non-hydrogen) atoms. The molecule has 0 aromatic heterocycles. The minimum atomic E-state index is -0.374. The van der Waals surface area contributed by atoms with Crippen LogP contribution in [0.15, 0.2) is 18.2 Å². The highest BCUT2D eigenvalue weighted by atomic mass is 16.5. The van der Waals surface area contributed by atoms with E-state index in [1.807, 2.05) is 6.07 Å². The molecule has 0 heterocycles. The normalized spacial score (nSPS) is 18.4. The second-order valence-electron chi connectivity index (χ2n) is 5.61. The van der Waals surface area contributed by atoms with E-state index in [2.05, 4.69) is 17.4 Å². The number of nitrogens with one attached hydrogen (secondary N) is 1. The van der Waals surface area contributed by atoms with Crippen LogP contribution in [0.5, 0.6) is 5.75 Å². The quantitative estimate of drug-likeness (QED) is 0.805. The highest BCUT2D eigenvalue weighted by molar-refractivity contribution is 5.76. The molecule has 108 valence electrons. The summed E-state index contributed by atoms with van der Waals surface area (Å²) in [7, 11) is 1.42. The lowest BCUT2D eigenvalue weighted by Gasteiger charge is -2.17. The summed E-state index contributed by atoms with van der Waals surface area (Å²) in [6.07, 6.45) is 5.79. The van der Waals surface area contributed by atoms with Crippen molar-refractivity contribution in [2.24, 2.45) is 0 Å². The number of ether oxygens (including phenoxy) is 2. The van der Waals surface area contributed by atoms with E-state index in [9.17, 15) is 4.79 Å².